The van der Waals surface area contributed by atoms with E-state index < -0.39 is 0 Å². The van der Waals surface area contributed by atoms with Crippen LogP contribution in [-0.2, 0) is 4.79 Å². The Kier molecular flexibility index (Phi) is 3.31. The summed E-state index contributed by atoms with van der Waals surface area (Å²) >= 11 is 1.41. The number of nitrogens with one attached hydrogen (secondary N) is 1. The van der Waals surface area contributed by atoms with Gasteiger partial charge in [0, 0.05) is 29.9 Å². The van der Waals surface area contributed by atoms with Crippen molar-refractivity contribution in [2.45, 2.75) is 19.4 Å². The molecule has 2 heterocycles. The molecule has 1 aliphatic rings. The molecule has 1 aromatic heterocycles. The van der Waals surface area contributed by atoms with Crippen LogP contribution in [0, 0.1) is 0 Å². The summed E-state index contributed by atoms with van der Waals surface area (Å²) in [4.78, 5) is 15.6. The lowest BCUT2D eigenvalue weighted by Gasteiger charge is -2.26. The predicted molar refractivity (Wildman–Crippen MR) is 78.6 cm³/mol. The first-order chi connectivity index (χ1) is 9.63. The standard InChI is InChI=1S/C14H15N3O2S/c1-8(18)16-11-4-5-19-13-3-2-9(6-10(11)13)12-7-20-14(15)17-12/h2-3,6-7,11H,4-5H2,1H3,(H2,15,17)(H,16,18). The first kappa shape index (κ1) is 12.9. The van der Waals surface area contributed by atoms with Gasteiger partial charge in [0.25, 0.3) is 0 Å². The van der Waals surface area contributed by atoms with Gasteiger partial charge in [-0.3, -0.25) is 4.79 Å². The van der Waals surface area contributed by atoms with E-state index in [0.717, 1.165) is 29.0 Å². The second kappa shape index (κ2) is 5.13. The van der Waals surface area contributed by atoms with Crippen molar-refractivity contribution in [1.29, 1.82) is 0 Å². The number of anilines is 1. The summed E-state index contributed by atoms with van der Waals surface area (Å²) < 4.78 is 5.64. The van der Waals surface area contributed by atoms with E-state index in [2.05, 4.69) is 10.3 Å². The van der Waals surface area contributed by atoms with Crippen LogP contribution in [0.15, 0.2) is 23.6 Å². The lowest BCUT2D eigenvalue weighted by atomic mass is 9.97. The number of nitrogen functional groups attached to an aromatic ring is 1. The van der Waals surface area contributed by atoms with Crippen molar-refractivity contribution < 1.29 is 9.53 Å². The minimum absolute atomic E-state index is 0.00724. The number of benzene rings is 1. The molecule has 1 aliphatic heterocycles. The monoisotopic (exact) mass is 289 g/mol. The zero-order chi connectivity index (χ0) is 14.1. The maximum absolute atomic E-state index is 11.3. The molecule has 0 saturated heterocycles. The Labute approximate surface area is 120 Å². The summed E-state index contributed by atoms with van der Waals surface area (Å²) in [7, 11) is 0. The highest BCUT2D eigenvalue weighted by atomic mass is 32.1. The molecule has 2 aromatic rings. The number of nitrogens with two attached hydrogens (primary N) is 1. The highest BCUT2D eigenvalue weighted by Gasteiger charge is 2.22. The van der Waals surface area contributed by atoms with Gasteiger partial charge in [0.15, 0.2) is 5.13 Å². The Morgan fingerprint density at radius 3 is 3.10 bits per heavy atom. The second-order valence-corrected chi connectivity index (χ2v) is 5.60. The van der Waals surface area contributed by atoms with Gasteiger partial charge in [-0.05, 0) is 18.2 Å². The first-order valence-corrected chi connectivity index (χ1v) is 7.26. The number of amides is 1. The molecule has 1 unspecified atom stereocenters. The molecule has 0 radical (unpaired) electrons. The normalized spacial score (nSPS) is 17.1. The Morgan fingerprint density at radius 1 is 1.55 bits per heavy atom. The lowest BCUT2D eigenvalue weighted by Crippen LogP contribution is -2.30. The van der Waals surface area contributed by atoms with Gasteiger partial charge in [-0.15, -0.1) is 11.3 Å². The van der Waals surface area contributed by atoms with Crippen molar-refractivity contribution in [2.75, 3.05) is 12.3 Å². The molecule has 0 bridgehead atoms. The maximum atomic E-state index is 11.3. The van der Waals surface area contributed by atoms with Crippen LogP contribution in [0.5, 0.6) is 5.75 Å². The third-order valence-corrected chi connectivity index (χ3v) is 3.92. The summed E-state index contributed by atoms with van der Waals surface area (Å²) in [5, 5.41) is 5.43. The fourth-order valence-electron chi connectivity index (χ4n) is 2.37. The van der Waals surface area contributed by atoms with Crippen LogP contribution in [0.1, 0.15) is 24.9 Å². The van der Waals surface area contributed by atoms with Gasteiger partial charge < -0.3 is 15.8 Å². The van der Waals surface area contributed by atoms with Crippen LogP contribution in [-0.4, -0.2) is 17.5 Å². The van der Waals surface area contributed by atoms with Crippen molar-refractivity contribution in [3.05, 3.63) is 29.1 Å². The summed E-state index contributed by atoms with van der Waals surface area (Å²) in [6.07, 6.45) is 0.773. The predicted octanol–water partition coefficient (Wildman–Crippen LogP) is 2.35. The second-order valence-electron chi connectivity index (χ2n) is 4.71. The molecule has 20 heavy (non-hydrogen) atoms. The number of carbonyl (C=O) groups is 1. The lowest BCUT2D eigenvalue weighted by molar-refractivity contribution is -0.119. The molecule has 3 rings (SSSR count). The van der Waals surface area contributed by atoms with E-state index in [9.17, 15) is 4.79 Å². The van der Waals surface area contributed by atoms with Gasteiger partial charge in [-0.1, -0.05) is 0 Å². The number of carbonyl (C=O) groups excluding carboxylic acids is 1. The van der Waals surface area contributed by atoms with E-state index in [1.165, 1.54) is 18.3 Å². The van der Waals surface area contributed by atoms with E-state index >= 15 is 0 Å². The molecule has 5 nitrogen and oxygen atoms in total. The van der Waals surface area contributed by atoms with Gasteiger partial charge in [0.05, 0.1) is 18.3 Å². The third-order valence-electron chi connectivity index (χ3n) is 3.24. The molecule has 0 saturated carbocycles. The summed E-state index contributed by atoms with van der Waals surface area (Å²) in [5.74, 6) is 0.785. The summed E-state index contributed by atoms with van der Waals surface area (Å²) in [5.41, 5.74) is 8.50. The Morgan fingerprint density at radius 2 is 2.40 bits per heavy atom. The van der Waals surface area contributed by atoms with Crippen molar-refractivity contribution in [2.24, 2.45) is 0 Å². The highest BCUT2D eigenvalue weighted by molar-refractivity contribution is 7.13. The average Bonchev–Trinajstić information content (AvgIpc) is 2.85. The van der Waals surface area contributed by atoms with Gasteiger partial charge in [-0.25, -0.2) is 4.98 Å². The van der Waals surface area contributed by atoms with Crippen LogP contribution in [0.4, 0.5) is 5.13 Å². The first-order valence-electron chi connectivity index (χ1n) is 6.38. The molecule has 1 aromatic carbocycles. The zero-order valence-electron chi connectivity index (χ0n) is 11.1. The number of hydrogen-bond donors (Lipinski definition) is 2. The Balaban J connectivity index is 1.99. The van der Waals surface area contributed by atoms with Gasteiger partial charge in [0.2, 0.25) is 5.91 Å². The van der Waals surface area contributed by atoms with Crippen LogP contribution >= 0.6 is 11.3 Å². The van der Waals surface area contributed by atoms with Crippen molar-refractivity contribution in [1.82, 2.24) is 10.3 Å². The molecule has 104 valence electrons. The van der Waals surface area contributed by atoms with Gasteiger partial charge in [-0.2, -0.15) is 0 Å². The molecular weight excluding hydrogens is 274 g/mol. The number of fused-ring (bicyclic) bond motifs is 1. The van der Waals surface area contributed by atoms with Gasteiger partial charge in [0.1, 0.15) is 5.75 Å². The molecule has 1 amide bonds. The number of hydrogen-bond acceptors (Lipinski definition) is 5. The number of nitrogens with zero attached hydrogens (tertiary/aromatic N) is 1. The zero-order valence-corrected chi connectivity index (χ0v) is 11.9. The molecule has 6 heteroatoms. The topological polar surface area (TPSA) is 77.2 Å². The quantitative estimate of drug-likeness (QED) is 0.889. The van der Waals surface area contributed by atoms with E-state index in [4.69, 9.17) is 10.5 Å². The smallest absolute Gasteiger partial charge is 0.217 e. The third kappa shape index (κ3) is 2.46. The molecule has 0 spiro atoms. The molecular formula is C14H15N3O2S. The molecule has 1 atom stereocenters. The average molecular weight is 289 g/mol. The van der Waals surface area contributed by atoms with Crippen molar-refractivity contribution >= 4 is 22.4 Å². The summed E-state index contributed by atoms with van der Waals surface area (Å²) in [6.45, 7) is 2.14. The molecule has 3 N–H and O–H groups in total. The number of aromatic nitrogens is 1. The maximum Gasteiger partial charge on any atom is 0.217 e. The van der Waals surface area contributed by atoms with Crippen LogP contribution in [0.25, 0.3) is 11.3 Å². The van der Waals surface area contributed by atoms with E-state index in [1.54, 1.807) is 0 Å². The van der Waals surface area contributed by atoms with Crippen molar-refractivity contribution in [3.8, 4) is 17.0 Å². The Hall–Kier alpha value is -2.08. The van der Waals surface area contributed by atoms with E-state index in [1.807, 2.05) is 23.6 Å². The number of ether oxygens (including phenoxy) is 1. The minimum Gasteiger partial charge on any atom is -0.493 e. The number of rotatable bonds is 2. The van der Waals surface area contributed by atoms with Crippen LogP contribution < -0.4 is 15.8 Å². The van der Waals surface area contributed by atoms with E-state index in [-0.39, 0.29) is 11.9 Å². The van der Waals surface area contributed by atoms with Crippen LogP contribution in [0.2, 0.25) is 0 Å². The fraction of sp³-hybridized carbons (Fsp3) is 0.286. The molecule has 0 aliphatic carbocycles. The van der Waals surface area contributed by atoms with Crippen molar-refractivity contribution in [3.63, 3.8) is 0 Å². The minimum atomic E-state index is -0.0360. The SMILES string of the molecule is CC(=O)NC1CCOc2ccc(-c3csc(N)n3)cc21. The highest BCUT2D eigenvalue weighted by Crippen LogP contribution is 2.35. The Bertz CT molecular complexity index is 654. The largest absolute Gasteiger partial charge is 0.493 e. The van der Waals surface area contributed by atoms with Crippen LogP contribution in [0.3, 0.4) is 0 Å². The number of thiazole rings is 1. The molecule has 0 fully saturated rings. The summed E-state index contributed by atoms with van der Waals surface area (Å²) in [6, 6.07) is 5.90. The van der Waals surface area contributed by atoms with Gasteiger partial charge >= 0.3 is 0 Å². The van der Waals surface area contributed by atoms with E-state index in [0.29, 0.717) is 11.7 Å². The fourth-order valence-corrected chi connectivity index (χ4v) is 2.94.